The molecule has 162 valence electrons. The van der Waals surface area contributed by atoms with Gasteiger partial charge in [-0.3, -0.25) is 14.4 Å². The maximum atomic E-state index is 13.2. The van der Waals surface area contributed by atoms with E-state index in [0.29, 0.717) is 24.8 Å². The summed E-state index contributed by atoms with van der Waals surface area (Å²) < 4.78 is 7.08. The fourth-order valence-corrected chi connectivity index (χ4v) is 3.42. The second-order valence-electron chi connectivity index (χ2n) is 8.36. The molecule has 0 bridgehead atoms. The summed E-state index contributed by atoms with van der Waals surface area (Å²) in [5.74, 6) is 0.306. The Labute approximate surface area is 177 Å². The molecule has 1 saturated carbocycles. The van der Waals surface area contributed by atoms with Crippen LogP contribution in [0.2, 0.25) is 0 Å². The standard InChI is InChI=1S/C23H31N3O4/c1-5-10-25(12-17-8-9-17)23(29)19-14-26(15(2)3)13-18(21(19)27)22(28)24-16(4)20-7-6-11-30-20/h6-7,11,13-17H,5,8-10,12H2,1-4H3,(H,24,28). The first-order valence-corrected chi connectivity index (χ1v) is 10.7. The van der Waals surface area contributed by atoms with Gasteiger partial charge in [-0.15, -0.1) is 0 Å². The van der Waals surface area contributed by atoms with E-state index >= 15 is 0 Å². The van der Waals surface area contributed by atoms with E-state index in [1.165, 1.54) is 12.5 Å². The highest BCUT2D eigenvalue weighted by Crippen LogP contribution is 2.30. The van der Waals surface area contributed by atoms with E-state index in [-0.39, 0.29) is 23.1 Å². The van der Waals surface area contributed by atoms with Crippen molar-refractivity contribution >= 4 is 11.8 Å². The Kier molecular flexibility index (Phi) is 6.80. The van der Waals surface area contributed by atoms with E-state index in [4.69, 9.17) is 4.42 Å². The van der Waals surface area contributed by atoms with Crippen molar-refractivity contribution in [2.24, 2.45) is 5.92 Å². The normalized spacial score (nSPS) is 14.6. The Balaban J connectivity index is 1.93. The number of nitrogens with zero attached hydrogens (tertiary/aromatic N) is 2. The highest BCUT2D eigenvalue weighted by atomic mass is 16.3. The first-order valence-electron chi connectivity index (χ1n) is 10.7. The van der Waals surface area contributed by atoms with Crippen LogP contribution in [0.5, 0.6) is 0 Å². The highest BCUT2D eigenvalue weighted by molar-refractivity contribution is 5.99. The van der Waals surface area contributed by atoms with E-state index in [2.05, 4.69) is 5.32 Å². The van der Waals surface area contributed by atoms with Crippen LogP contribution >= 0.6 is 0 Å². The van der Waals surface area contributed by atoms with E-state index in [1.807, 2.05) is 20.8 Å². The zero-order chi connectivity index (χ0) is 21.8. The van der Waals surface area contributed by atoms with E-state index in [1.54, 1.807) is 34.7 Å². The van der Waals surface area contributed by atoms with Gasteiger partial charge in [0, 0.05) is 31.5 Å². The van der Waals surface area contributed by atoms with Gasteiger partial charge in [-0.05, 0) is 58.1 Å². The first-order chi connectivity index (χ1) is 14.3. The summed E-state index contributed by atoms with van der Waals surface area (Å²) in [6, 6.07) is 3.10. The number of rotatable bonds is 9. The average molecular weight is 414 g/mol. The zero-order valence-corrected chi connectivity index (χ0v) is 18.2. The van der Waals surface area contributed by atoms with Crippen molar-refractivity contribution in [2.75, 3.05) is 13.1 Å². The summed E-state index contributed by atoms with van der Waals surface area (Å²) in [5.41, 5.74) is -0.509. The molecule has 1 N–H and O–H groups in total. The minimum Gasteiger partial charge on any atom is -0.467 e. The second-order valence-corrected chi connectivity index (χ2v) is 8.36. The molecule has 0 aromatic carbocycles. The van der Waals surface area contributed by atoms with E-state index in [0.717, 1.165) is 19.3 Å². The molecule has 30 heavy (non-hydrogen) atoms. The van der Waals surface area contributed by atoms with Crippen molar-refractivity contribution in [1.29, 1.82) is 0 Å². The van der Waals surface area contributed by atoms with Crippen LogP contribution < -0.4 is 10.7 Å². The average Bonchev–Trinajstić information content (AvgIpc) is 3.35. The van der Waals surface area contributed by atoms with Crippen molar-refractivity contribution in [3.63, 3.8) is 0 Å². The number of aromatic nitrogens is 1. The molecule has 1 aliphatic rings. The molecular weight excluding hydrogens is 382 g/mol. The number of carbonyl (C=O) groups excluding carboxylic acids is 2. The Morgan fingerprint density at radius 2 is 1.93 bits per heavy atom. The molecule has 1 aliphatic carbocycles. The number of pyridine rings is 1. The number of furan rings is 1. The summed E-state index contributed by atoms with van der Waals surface area (Å²) >= 11 is 0. The summed E-state index contributed by atoms with van der Waals surface area (Å²) in [6.07, 6.45) is 7.70. The third-order valence-electron chi connectivity index (χ3n) is 5.39. The summed E-state index contributed by atoms with van der Waals surface area (Å²) in [4.78, 5) is 41.1. The van der Waals surface area contributed by atoms with Crippen LogP contribution in [0.15, 0.2) is 40.0 Å². The molecule has 1 fully saturated rings. The SMILES string of the molecule is CCCN(CC1CC1)C(=O)c1cn(C(C)C)cc(C(=O)NC(C)c2ccco2)c1=O. The van der Waals surface area contributed by atoms with Gasteiger partial charge in [0.15, 0.2) is 0 Å². The van der Waals surface area contributed by atoms with E-state index in [9.17, 15) is 14.4 Å². The highest BCUT2D eigenvalue weighted by Gasteiger charge is 2.29. The quantitative estimate of drug-likeness (QED) is 0.678. The van der Waals surface area contributed by atoms with Gasteiger partial charge in [-0.1, -0.05) is 6.92 Å². The fourth-order valence-electron chi connectivity index (χ4n) is 3.42. The van der Waals surface area contributed by atoms with Crippen molar-refractivity contribution in [1.82, 2.24) is 14.8 Å². The lowest BCUT2D eigenvalue weighted by Crippen LogP contribution is -2.39. The van der Waals surface area contributed by atoms with Gasteiger partial charge in [0.05, 0.1) is 12.3 Å². The number of carbonyl (C=O) groups is 2. The number of amides is 2. The lowest BCUT2D eigenvalue weighted by molar-refractivity contribution is 0.0745. The molecule has 1 atom stereocenters. The second kappa shape index (κ2) is 9.32. The van der Waals surface area contributed by atoms with Crippen LogP contribution in [-0.4, -0.2) is 34.4 Å². The molecule has 3 rings (SSSR count). The lowest BCUT2D eigenvalue weighted by atomic mass is 10.1. The molecule has 0 aliphatic heterocycles. The Morgan fingerprint density at radius 3 is 2.50 bits per heavy atom. The topological polar surface area (TPSA) is 84.6 Å². The van der Waals surface area contributed by atoms with Gasteiger partial charge in [0.2, 0.25) is 5.43 Å². The molecule has 0 saturated heterocycles. The molecule has 2 heterocycles. The Morgan fingerprint density at radius 1 is 1.23 bits per heavy atom. The summed E-state index contributed by atoms with van der Waals surface area (Å²) in [6.45, 7) is 8.95. The van der Waals surface area contributed by atoms with Crippen molar-refractivity contribution < 1.29 is 14.0 Å². The smallest absolute Gasteiger partial charge is 0.259 e. The third-order valence-corrected chi connectivity index (χ3v) is 5.39. The Bertz CT molecular complexity index is 942. The number of hydrogen-bond donors (Lipinski definition) is 1. The van der Waals surface area contributed by atoms with Gasteiger partial charge in [-0.25, -0.2) is 0 Å². The minimum absolute atomic E-state index is 0.00532. The predicted octanol–water partition coefficient (Wildman–Crippen LogP) is 3.78. The fraction of sp³-hybridized carbons (Fsp3) is 0.522. The van der Waals surface area contributed by atoms with Gasteiger partial charge in [-0.2, -0.15) is 0 Å². The van der Waals surface area contributed by atoms with Gasteiger partial charge in [0.1, 0.15) is 16.9 Å². The monoisotopic (exact) mass is 413 g/mol. The predicted molar refractivity (Wildman–Crippen MR) is 115 cm³/mol. The van der Waals surface area contributed by atoms with Crippen molar-refractivity contribution in [3.8, 4) is 0 Å². The third kappa shape index (κ3) is 5.01. The first kappa shape index (κ1) is 21.9. The summed E-state index contributed by atoms with van der Waals surface area (Å²) in [7, 11) is 0. The van der Waals surface area contributed by atoms with Crippen LogP contribution in [0.25, 0.3) is 0 Å². The van der Waals surface area contributed by atoms with Crippen LogP contribution in [-0.2, 0) is 0 Å². The van der Waals surface area contributed by atoms with Crippen LogP contribution in [0.3, 0.4) is 0 Å². The number of hydrogen-bond acceptors (Lipinski definition) is 4. The molecule has 7 nitrogen and oxygen atoms in total. The molecule has 7 heteroatoms. The molecule has 1 unspecified atom stereocenters. The maximum absolute atomic E-state index is 13.2. The van der Waals surface area contributed by atoms with Crippen LogP contribution in [0, 0.1) is 5.92 Å². The molecule has 0 spiro atoms. The van der Waals surface area contributed by atoms with Crippen molar-refractivity contribution in [2.45, 2.75) is 59.0 Å². The molecule has 2 aromatic rings. The summed E-state index contributed by atoms with van der Waals surface area (Å²) in [5, 5.41) is 2.80. The molecular formula is C23H31N3O4. The van der Waals surface area contributed by atoms with Gasteiger partial charge < -0.3 is 19.2 Å². The number of nitrogens with one attached hydrogen (secondary N) is 1. The minimum atomic E-state index is -0.530. The van der Waals surface area contributed by atoms with Crippen LogP contribution in [0.1, 0.15) is 85.5 Å². The molecule has 0 radical (unpaired) electrons. The zero-order valence-electron chi connectivity index (χ0n) is 18.2. The largest absolute Gasteiger partial charge is 0.467 e. The van der Waals surface area contributed by atoms with E-state index < -0.39 is 17.4 Å². The maximum Gasteiger partial charge on any atom is 0.259 e. The van der Waals surface area contributed by atoms with Gasteiger partial charge >= 0.3 is 0 Å². The molecule has 2 amide bonds. The van der Waals surface area contributed by atoms with Crippen LogP contribution in [0.4, 0.5) is 0 Å². The van der Waals surface area contributed by atoms with Crippen molar-refractivity contribution in [3.05, 3.63) is 57.9 Å². The molecule has 2 aromatic heterocycles. The van der Waals surface area contributed by atoms with Gasteiger partial charge in [0.25, 0.3) is 11.8 Å². The lowest BCUT2D eigenvalue weighted by Gasteiger charge is -2.23. The Hall–Kier alpha value is -2.83.